The molecule has 0 spiro atoms. The third-order valence-electron chi connectivity index (χ3n) is 4.25. The highest BCUT2D eigenvalue weighted by Crippen LogP contribution is 2.17. The molecule has 1 heterocycles. The Morgan fingerprint density at radius 3 is 2.58 bits per heavy atom. The van der Waals surface area contributed by atoms with Crippen LogP contribution in [-0.4, -0.2) is 15.7 Å². The molecule has 0 aliphatic carbocycles. The Morgan fingerprint density at radius 1 is 1.15 bits per heavy atom. The summed E-state index contributed by atoms with van der Waals surface area (Å²) >= 11 is 0. The molecule has 0 aliphatic heterocycles. The van der Waals surface area contributed by atoms with Crippen LogP contribution in [0.4, 0.5) is 0 Å². The number of para-hydroxylation sites is 1. The molecule has 0 bridgehead atoms. The van der Waals surface area contributed by atoms with E-state index >= 15 is 0 Å². The number of rotatable bonds is 6. The molecule has 1 amide bonds. The van der Waals surface area contributed by atoms with Crippen LogP contribution in [0.25, 0.3) is 11.8 Å². The minimum Gasteiger partial charge on any atom is -0.346 e. The standard InChI is InChI=1S/C22H23N3O/c1-3-21(19-12-9-17(2)10-13-19)24-22(26)14-11-18-15-23-25(16-18)20-7-5-4-6-8-20/h4-16,21H,3H2,1-2H3,(H,24,26)/b14-11+/t21-/m0/s1. The number of carbonyl (C=O) groups is 1. The summed E-state index contributed by atoms with van der Waals surface area (Å²) in [6.07, 6.45) is 7.83. The van der Waals surface area contributed by atoms with E-state index in [1.54, 1.807) is 23.0 Å². The van der Waals surface area contributed by atoms with Gasteiger partial charge in [-0.05, 0) is 37.1 Å². The third kappa shape index (κ3) is 4.48. The van der Waals surface area contributed by atoms with E-state index in [0.717, 1.165) is 23.2 Å². The first-order chi connectivity index (χ1) is 12.7. The van der Waals surface area contributed by atoms with Gasteiger partial charge in [0.1, 0.15) is 0 Å². The fourth-order valence-corrected chi connectivity index (χ4v) is 2.76. The second-order valence-electron chi connectivity index (χ2n) is 6.27. The molecule has 3 aromatic rings. The van der Waals surface area contributed by atoms with E-state index in [1.165, 1.54) is 5.56 Å². The minimum atomic E-state index is -0.107. The van der Waals surface area contributed by atoms with Gasteiger partial charge in [0, 0.05) is 17.8 Å². The zero-order valence-corrected chi connectivity index (χ0v) is 15.1. The van der Waals surface area contributed by atoms with Crippen LogP contribution < -0.4 is 5.32 Å². The molecule has 0 aliphatic rings. The molecule has 4 heteroatoms. The summed E-state index contributed by atoms with van der Waals surface area (Å²) in [5, 5.41) is 7.39. The Balaban J connectivity index is 1.64. The normalized spacial score (nSPS) is 12.2. The fourth-order valence-electron chi connectivity index (χ4n) is 2.76. The highest BCUT2D eigenvalue weighted by Gasteiger charge is 2.10. The number of aromatic nitrogens is 2. The Morgan fingerprint density at radius 2 is 1.88 bits per heavy atom. The third-order valence-corrected chi connectivity index (χ3v) is 4.25. The summed E-state index contributed by atoms with van der Waals surface area (Å²) in [6, 6.07) is 18.2. The molecule has 132 valence electrons. The lowest BCUT2D eigenvalue weighted by Gasteiger charge is -2.16. The van der Waals surface area contributed by atoms with Gasteiger partial charge in [0.25, 0.3) is 0 Å². The van der Waals surface area contributed by atoms with Gasteiger partial charge >= 0.3 is 0 Å². The maximum Gasteiger partial charge on any atom is 0.244 e. The van der Waals surface area contributed by atoms with Crippen molar-refractivity contribution in [1.82, 2.24) is 15.1 Å². The first kappa shape index (κ1) is 17.7. The van der Waals surface area contributed by atoms with Crippen molar-refractivity contribution in [2.45, 2.75) is 26.3 Å². The number of amides is 1. The van der Waals surface area contributed by atoms with Crippen LogP contribution in [0.2, 0.25) is 0 Å². The number of benzene rings is 2. The molecule has 0 unspecified atom stereocenters. The van der Waals surface area contributed by atoms with Crippen LogP contribution >= 0.6 is 0 Å². The van der Waals surface area contributed by atoms with Crippen molar-refractivity contribution >= 4 is 12.0 Å². The Kier molecular flexibility index (Phi) is 5.64. The number of nitrogens with zero attached hydrogens (tertiary/aromatic N) is 2. The zero-order chi connectivity index (χ0) is 18.4. The highest BCUT2D eigenvalue weighted by molar-refractivity contribution is 5.91. The van der Waals surface area contributed by atoms with E-state index < -0.39 is 0 Å². The van der Waals surface area contributed by atoms with Crippen molar-refractivity contribution in [3.63, 3.8) is 0 Å². The average Bonchev–Trinajstić information content (AvgIpc) is 3.15. The largest absolute Gasteiger partial charge is 0.346 e. The van der Waals surface area contributed by atoms with Crippen LogP contribution in [0.15, 0.2) is 73.1 Å². The van der Waals surface area contributed by atoms with Gasteiger partial charge in [-0.3, -0.25) is 4.79 Å². The second-order valence-corrected chi connectivity index (χ2v) is 6.27. The van der Waals surface area contributed by atoms with Crippen molar-refractivity contribution in [3.8, 4) is 5.69 Å². The minimum absolute atomic E-state index is 0.0137. The molecule has 1 atom stereocenters. The van der Waals surface area contributed by atoms with Gasteiger partial charge in [0.15, 0.2) is 0 Å². The van der Waals surface area contributed by atoms with Gasteiger partial charge in [-0.25, -0.2) is 4.68 Å². The quantitative estimate of drug-likeness (QED) is 0.671. The van der Waals surface area contributed by atoms with Gasteiger partial charge in [-0.2, -0.15) is 5.10 Å². The molecule has 0 fully saturated rings. The average molecular weight is 345 g/mol. The summed E-state index contributed by atoms with van der Waals surface area (Å²) in [7, 11) is 0. The van der Waals surface area contributed by atoms with Gasteiger partial charge in [-0.1, -0.05) is 55.0 Å². The van der Waals surface area contributed by atoms with E-state index in [2.05, 4.69) is 48.5 Å². The van der Waals surface area contributed by atoms with Crippen molar-refractivity contribution in [3.05, 3.63) is 89.8 Å². The predicted molar refractivity (Wildman–Crippen MR) is 105 cm³/mol. The van der Waals surface area contributed by atoms with Gasteiger partial charge in [0.2, 0.25) is 5.91 Å². The molecule has 0 radical (unpaired) electrons. The molecule has 1 aromatic heterocycles. The predicted octanol–water partition coefficient (Wildman–Crippen LogP) is 4.46. The smallest absolute Gasteiger partial charge is 0.244 e. The number of aryl methyl sites for hydroxylation is 1. The SMILES string of the molecule is CC[C@H](NC(=O)/C=C/c1cnn(-c2ccccc2)c1)c1ccc(C)cc1. The summed E-state index contributed by atoms with van der Waals surface area (Å²) in [5.41, 5.74) is 4.21. The maximum absolute atomic E-state index is 12.3. The summed E-state index contributed by atoms with van der Waals surface area (Å²) in [4.78, 5) is 12.3. The topological polar surface area (TPSA) is 46.9 Å². The molecule has 2 aromatic carbocycles. The maximum atomic E-state index is 12.3. The Hall–Kier alpha value is -3.14. The lowest BCUT2D eigenvalue weighted by Crippen LogP contribution is -2.26. The molecule has 4 nitrogen and oxygen atoms in total. The molecule has 3 rings (SSSR count). The van der Waals surface area contributed by atoms with Crippen LogP contribution in [0.5, 0.6) is 0 Å². The summed E-state index contributed by atoms with van der Waals surface area (Å²) in [5.74, 6) is -0.107. The van der Waals surface area contributed by atoms with E-state index in [1.807, 2.05) is 36.5 Å². The number of carbonyl (C=O) groups excluding carboxylic acids is 1. The van der Waals surface area contributed by atoms with Crippen LogP contribution in [-0.2, 0) is 4.79 Å². The van der Waals surface area contributed by atoms with Crippen LogP contribution in [0.3, 0.4) is 0 Å². The number of hydrogen-bond acceptors (Lipinski definition) is 2. The van der Waals surface area contributed by atoms with Gasteiger partial charge in [-0.15, -0.1) is 0 Å². The monoisotopic (exact) mass is 345 g/mol. The van der Waals surface area contributed by atoms with Crippen LogP contribution in [0, 0.1) is 6.92 Å². The van der Waals surface area contributed by atoms with Crippen molar-refractivity contribution in [2.75, 3.05) is 0 Å². The molecule has 26 heavy (non-hydrogen) atoms. The second kappa shape index (κ2) is 8.30. The first-order valence-corrected chi connectivity index (χ1v) is 8.81. The fraction of sp³-hybridized carbons (Fsp3) is 0.182. The number of hydrogen-bond donors (Lipinski definition) is 1. The molecular formula is C22H23N3O. The highest BCUT2D eigenvalue weighted by atomic mass is 16.1. The van der Waals surface area contributed by atoms with Crippen molar-refractivity contribution < 1.29 is 4.79 Å². The molecule has 0 saturated heterocycles. The van der Waals surface area contributed by atoms with Crippen molar-refractivity contribution in [1.29, 1.82) is 0 Å². The van der Waals surface area contributed by atoms with E-state index in [9.17, 15) is 4.79 Å². The summed E-state index contributed by atoms with van der Waals surface area (Å²) < 4.78 is 1.79. The van der Waals surface area contributed by atoms with Gasteiger partial charge in [0.05, 0.1) is 17.9 Å². The van der Waals surface area contributed by atoms with Gasteiger partial charge < -0.3 is 5.32 Å². The molecule has 0 saturated carbocycles. The number of nitrogens with one attached hydrogen (secondary N) is 1. The Labute approximate surface area is 154 Å². The van der Waals surface area contributed by atoms with E-state index in [-0.39, 0.29) is 11.9 Å². The van der Waals surface area contributed by atoms with Crippen molar-refractivity contribution in [2.24, 2.45) is 0 Å². The van der Waals surface area contributed by atoms with Crippen LogP contribution in [0.1, 0.15) is 36.1 Å². The zero-order valence-electron chi connectivity index (χ0n) is 15.1. The summed E-state index contributed by atoms with van der Waals surface area (Å²) in [6.45, 7) is 4.13. The van der Waals surface area contributed by atoms with E-state index in [0.29, 0.717) is 0 Å². The first-order valence-electron chi connectivity index (χ1n) is 8.81. The molecular weight excluding hydrogens is 322 g/mol. The lowest BCUT2D eigenvalue weighted by molar-refractivity contribution is -0.117. The van der Waals surface area contributed by atoms with E-state index in [4.69, 9.17) is 0 Å². The Bertz CT molecular complexity index is 879. The molecule has 1 N–H and O–H groups in total. The lowest BCUT2D eigenvalue weighted by atomic mass is 10.0.